The number of nitrogens with zero attached hydrogens (tertiary/aromatic N) is 1. The van der Waals surface area contributed by atoms with E-state index in [-0.39, 0.29) is 22.8 Å². The van der Waals surface area contributed by atoms with Gasteiger partial charge in [-0.1, -0.05) is 0 Å². The van der Waals surface area contributed by atoms with Crippen LogP contribution in [0, 0.1) is 11.3 Å². The van der Waals surface area contributed by atoms with Crippen molar-refractivity contribution >= 4 is 17.6 Å². The Labute approximate surface area is 91.7 Å². The second-order valence-corrected chi connectivity index (χ2v) is 3.04. The normalized spacial score (nSPS) is 9.40. The molecule has 1 aromatic carbocycles. The summed E-state index contributed by atoms with van der Waals surface area (Å²) in [4.78, 5) is 11.2. The summed E-state index contributed by atoms with van der Waals surface area (Å²) in [5, 5.41) is 18.3. The third-order valence-corrected chi connectivity index (χ3v) is 2.16. The van der Waals surface area contributed by atoms with Crippen LogP contribution in [0.1, 0.15) is 21.5 Å². The maximum atomic E-state index is 11.2. The molecule has 4 nitrogen and oxygen atoms in total. The van der Waals surface area contributed by atoms with Crippen LogP contribution in [0.5, 0.6) is 5.75 Å². The molecule has 0 saturated carbocycles. The molecule has 0 unspecified atom stereocenters. The number of nitriles is 1. The number of methoxy groups -OCH3 is 1. The van der Waals surface area contributed by atoms with Gasteiger partial charge in [-0.25, -0.2) is 4.79 Å². The molecule has 1 rings (SSSR count). The zero-order valence-electron chi connectivity index (χ0n) is 7.95. The van der Waals surface area contributed by atoms with Crippen molar-refractivity contribution in [2.24, 2.45) is 0 Å². The number of hydrogen-bond donors (Lipinski definition) is 1. The number of rotatable bonds is 2. The van der Waals surface area contributed by atoms with Crippen LogP contribution in [0.4, 0.5) is 0 Å². The molecule has 0 radical (unpaired) electrons. The average Bonchev–Trinajstić information content (AvgIpc) is 2.28. The minimum Gasteiger partial charge on any atom is -0.507 e. The maximum absolute atomic E-state index is 11.2. The molecule has 15 heavy (non-hydrogen) atoms. The Bertz CT molecular complexity index is 437. The number of aromatic hydroxyl groups is 1. The van der Waals surface area contributed by atoms with Crippen LogP contribution in [0.2, 0.25) is 0 Å². The molecule has 1 N–H and O–H groups in total. The van der Waals surface area contributed by atoms with Crippen molar-refractivity contribution in [1.29, 1.82) is 5.26 Å². The van der Waals surface area contributed by atoms with Gasteiger partial charge in [0.25, 0.3) is 0 Å². The van der Waals surface area contributed by atoms with E-state index in [2.05, 4.69) is 4.74 Å². The number of ether oxygens (including phenoxy) is 1. The zero-order chi connectivity index (χ0) is 11.4. The lowest BCUT2D eigenvalue weighted by atomic mass is 10.1. The highest BCUT2D eigenvalue weighted by atomic mass is 35.5. The van der Waals surface area contributed by atoms with Gasteiger partial charge in [-0.2, -0.15) is 5.26 Å². The number of phenols is 1. The molecule has 1 aromatic rings. The molecule has 0 fully saturated rings. The van der Waals surface area contributed by atoms with Gasteiger partial charge < -0.3 is 9.84 Å². The van der Waals surface area contributed by atoms with Crippen LogP contribution in [0.3, 0.4) is 0 Å². The molecule has 0 spiro atoms. The summed E-state index contributed by atoms with van der Waals surface area (Å²) in [6, 6.07) is 4.56. The van der Waals surface area contributed by atoms with Crippen LogP contribution < -0.4 is 0 Å². The van der Waals surface area contributed by atoms with E-state index in [4.69, 9.17) is 16.9 Å². The number of halogens is 1. The van der Waals surface area contributed by atoms with Gasteiger partial charge in [-0.15, -0.1) is 11.6 Å². The Hall–Kier alpha value is -1.73. The van der Waals surface area contributed by atoms with Gasteiger partial charge in [-0.05, 0) is 12.1 Å². The number of carbonyl (C=O) groups is 1. The Balaban J connectivity index is 3.38. The van der Waals surface area contributed by atoms with Crippen LogP contribution in [0.15, 0.2) is 12.1 Å². The fourth-order valence-electron chi connectivity index (χ4n) is 1.13. The first-order valence-corrected chi connectivity index (χ1v) is 4.57. The Morgan fingerprint density at radius 2 is 2.33 bits per heavy atom. The molecular formula is C10H8ClNO3. The van der Waals surface area contributed by atoms with Crippen molar-refractivity contribution in [2.45, 2.75) is 5.88 Å². The summed E-state index contributed by atoms with van der Waals surface area (Å²) in [7, 11) is 1.20. The highest BCUT2D eigenvalue weighted by Crippen LogP contribution is 2.26. The quantitative estimate of drug-likeness (QED) is 0.615. The lowest BCUT2D eigenvalue weighted by Gasteiger charge is -2.06. The van der Waals surface area contributed by atoms with Gasteiger partial charge in [-0.3, -0.25) is 0 Å². The summed E-state index contributed by atoms with van der Waals surface area (Å²) >= 11 is 5.56. The van der Waals surface area contributed by atoms with Crippen molar-refractivity contribution in [3.05, 3.63) is 28.8 Å². The third-order valence-electron chi connectivity index (χ3n) is 1.87. The molecule has 0 aliphatic rings. The smallest absolute Gasteiger partial charge is 0.341 e. The summed E-state index contributed by atoms with van der Waals surface area (Å²) < 4.78 is 4.46. The first-order valence-electron chi connectivity index (χ1n) is 4.04. The van der Waals surface area contributed by atoms with E-state index in [1.807, 2.05) is 6.07 Å². The van der Waals surface area contributed by atoms with Crippen LogP contribution >= 0.6 is 11.6 Å². The van der Waals surface area contributed by atoms with Crippen molar-refractivity contribution in [3.8, 4) is 11.8 Å². The van der Waals surface area contributed by atoms with E-state index >= 15 is 0 Å². The van der Waals surface area contributed by atoms with Crippen molar-refractivity contribution < 1.29 is 14.6 Å². The highest BCUT2D eigenvalue weighted by Gasteiger charge is 2.16. The van der Waals surface area contributed by atoms with Crippen molar-refractivity contribution in [1.82, 2.24) is 0 Å². The minimum absolute atomic E-state index is 0.0192. The predicted octanol–water partition coefficient (Wildman–Crippen LogP) is 1.79. The van der Waals surface area contributed by atoms with Crippen LogP contribution in [0.25, 0.3) is 0 Å². The van der Waals surface area contributed by atoms with E-state index in [1.54, 1.807) is 0 Å². The van der Waals surface area contributed by atoms with Crippen molar-refractivity contribution in [2.75, 3.05) is 7.11 Å². The second kappa shape index (κ2) is 4.67. The van der Waals surface area contributed by atoms with E-state index in [0.29, 0.717) is 5.56 Å². The third kappa shape index (κ3) is 2.20. The summed E-state index contributed by atoms with van der Waals surface area (Å²) in [5.74, 6) is -0.919. The van der Waals surface area contributed by atoms with Crippen molar-refractivity contribution in [3.63, 3.8) is 0 Å². The summed E-state index contributed by atoms with van der Waals surface area (Å²) in [6.45, 7) is 0. The monoisotopic (exact) mass is 225 g/mol. The molecular weight excluding hydrogens is 218 g/mol. The fraction of sp³-hybridized carbons (Fsp3) is 0.200. The van der Waals surface area contributed by atoms with Gasteiger partial charge in [0.05, 0.1) is 24.6 Å². The summed E-state index contributed by atoms with van der Waals surface area (Å²) in [5.41, 5.74) is 0.534. The maximum Gasteiger partial charge on any atom is 0.341 e. The number of esters is 1. The van der Waals surface area contributed by atoms with Gasteiger partial charge in [0, 0.05) is 5.56 Å². The van der Waals surface area contributed by atoms with Gasteiger partial charge in [0.15, 0.2) is 0 Å². The number of alkyl halides is 1. The lowest BCUT2D eigenvalue weighted by Crippen LogP contribution is -2.03. The molecule has 0 aromatic heterocycles. The first-order chi connectivity index (χ1) is 7.13. The Morgan fingerprint density at radius 1 is 1.67 bits per heavy atom. The Kier molecular flexibility index (Phi) is 3.53. The molecule has 0 amide bonds. The largest absolute Gasteiger partial charge is 0.507 e. The van der Waals surface area contributed by atoms with Gasteiger partial charge in [0.1, 0.15) is 11.3 Å². The van der Waals surface area contributed by atoms with E-state index < -0.39 is 5.97 Å². The first kappa shape index (κ1) is 11.3. The van der Waals surface area contributed by atoms with Crippen LogP contribution in [-0.2, 0) is 10.6 Å². The summed E-state index contributed by atoms with van der Waals surface area (Å²) in [6.07, 6.45) is 0. The number of benzene rings is 1. The molecule has 0 aliphatic heterocycles. The topological polar surface area (TPSA) is 70.3 Å². The minimum atomic E-state index is -0.698. The SMILES string of the molecule is COC(=O)c1cc(C#N)cc(CCl)c1O. The van der Waals surface area contributed by atoms with E-state index in [0.717, 1.165) is 0 Å². The number of carbonyl (C=O) groups excluding carboxylic acids is 1. The molecule has 5 heteroatoms. The lowest BCUT2D eigenvalue weighted by molar-refractivity contribution is 0.0597. The van der Waals surface area contributed by atoms with Gasteiger partial charge >= 0.3 is 5.97 Å². The van der Waals surface area contributed by atoms with Crippen LogP contribution in [-0.4, -0.2) is 18.2 Å². The van der Waals surface area contributed by atoms with Gasteiger partial charge in [0.2, 0.25) is 0 Å². The fourth-order valence-corrected chi connectivity index (χ4v) is 1.33. The molecule has 0 heterocycles. The number of hydrogen-bond acceptors (Lipinski definition) is 4. The average molecular weight is 226 g/mol. The Morgan fingerprint density at radius 3 is 2.80 bits per heavy atom. The highest BCUT2D eigenvalue weighted by molar-refractivity contribution is 6.17. The predicted molar refractivity (Wildman–Crippen MR) is 53.7 cm³/mol. The van der Waals surface area contributed by atoms with E-state index in [1.165, 1.54) is 19.2 Å². The second-order valence-electron chi connectivity index (χ2n) is 2.77. The number of phenolic OH excluding ortho intramolecular Hbond substituents is 1. The molecule has 0 bridgehead atoms. The zero-order valence-corrected chi connectivity index (χ0v) is 8.71. The standard InChI is InChI=1S/C10H8ClNO3/c1-15-10(14)8-3-6(5-12)2-7(4-11)9(8)13/h2-3,13H,4H2,1H3. The molecule has 0 atom stereocenters. The van der Waals surface area contributed by atoms with E-state index in [9.17, 15) is 9.90 Å². The molecule has 78 valence electrons. The molecule has 0 aliphatic carbocycles. The molecule has 0 saturated heterocycles.